The maximum absolute atomic E-state index is 11.5. The third-order valence-corrected chi connectivity index (χ3v) is 3.98. The molecule has 0 spiro atoms. The highest BCUT2D eigenvalue weighted by molar-refractivity contribution is 6.10. The largest absolute Gasteiger partial charge is 0.383 e. The summed E-state index contributed by atoms with van der Waals surface area (Å²) >= 11 is 0. The number of para-hydroxylation sites is 1. The number of benzene rings is 1. The Hall–Kier alpha value is -2.60. The van der Waals surface area contributed by atoms with Crippen molar-refractivity contribution >= 4 is 33.7 Å². The standard InChI is InChI=1S/C16H19N5O/c1-2-9(17)8-21-13-6-4-3-5-10(13)11-7-12(15(19)22)14(18)20-16(11)21/h3-7,9H,2,8,17H2,1H3,(H2,18,20)(H2,19,22). The fourth-order valence-corrected chi connectivity index (χ4v) is 2.72. The van der Waals surface area contributed by atoms with Crippen LogP contribution in [0.15, 0.2) is 30.3 Å². The molecule has 6 N–H and O–H groups in total. The Labute approximate surface area is 127 Å². The van der Waals surface area contributed by atoms with Gasteiger partial charge >= 0.3 is 0 Å². The van der Waals surface area contributed by atoms with Gasteiger partial charge in [-0.25, -0.2) is 4.98 Å². The van der Waals surface area contributed by atoms with E-state index in [1.54, 1.807) is 6.07 Å². The van der Waals surface area contributed by atoms with E-state index < -0.39 is 5.91 Å². The molecular weight excluding hydrogens is 278 g/mol. The number of hydrogen-bond acceptors (Lipinski definition) is 4. The highest BCUT2D eigenvalue weighted by Gasteiger charge is 2.17. The van der Waals surface area contributed by atoms with Crippen LogP contribution in [0, 0.1) is 0 Å². The lowest BCUT2D eigenvalue weighted by atomic mass is 10.1. The van der Waals surface area contributed by atoms with Crippen molar-refractivity contribution in [1.82, 2.24) is 9.55 Å². The first-order chi connectivity index (χ1) is 10.5. The van der Waals surface area contributed by atoms with Gasteiger partial charge < -0.3 is 21.8 Å². The zero-order valence-electron chi connectivity index (χ0n) is 12.4. The summed E-state index contributed by atoms with van der Waals surface area (Å²) in [4.78, 5) is 15.9. The van der Waals surface area contributed by atoms with Gasteiger partial charge in [-0.15, -0.1) is 0 Å². The quantitative estimate of drug-likeness (QED) is 0.678. The molecule has 6 nitrogen and oxygen atoms in total. The van der Waals surface area contributed by atoms with Crippen molar-refractivity contribution in [3.05, 3.63) is 35.9 Å². The second kappa shape index (κ2) is 5.31. The van der Waals surface area contributed by atoms with Crippen LogP contribution in [0.2, 0.25) is 0 Å². The van der Waals surface area contributed by atoms with Crippen LogP contribution in [-0.4, -0.2) is 21.5 Å². The van der Waals surface area contributed by atoms with Crippen LogP contribution in [-0.2, 0) is 6.54 Å². The number of anilines is 1. The summed E-state index contributed by atoms with van der Waals surface area (Å²) in [5, 5.41) is 1.87. The first-order valence-corrected chi connectivity index (χ1v) is 7.25. The molecule has 0 fully saturated rings. The SMILES string of the molecule is CCC(N)Cn1c2ccccc2c2cc(C(N)=O)c(N)nc21. The Morgan fingerprint density at radius 1 is 1.32 bits per heavy atom. The average Bonchev–Trinajstić information content (AvgIpc) is 2.80. The molecule has 1 unspecified atom stereocenters. The monoisotopic (exact) mass is 297 g/mol. The summed E-state index contributed by atoms with van der Waals surface area (Å²) in [6.07, 6.45) is 0.864. The Morgan fingerprint density at radius 3 is 2.73 bits per heavy atom. The average molecular weight is 297 g/mol. The zero-order valence-corrected chi connectivity index (χ0v) is 12.4. The smallest absolute Gasteiger partial charge is 0.252 e. The van der Waals surface area contributed by atoms with Crippen LogP contribution >= 0.6 is 0 Å². The number of primary amides is 1. The fraction of sp³-hybridized carbons (Fsp3) is 0.250. The molecule has 0 aliphatic heterocycles. The van der Waals surface area contributed by atoms with Gasteiger partial charge in [0.05, 0.1) is 11.1 Å². The molecule has 0 aliphatic rings. The van der Waals surface area contributed by atoms with E-state index in [2.05, 4.69) is 9.55 Å². The van der Waals surface area contributed by atoms with Gasteiger partial charge in [0.1, 0.15) is 11.5 Å². The van der Waals surface area contributed by atoms with Crippen LogP contribution in [0.25, 0.3) is 21.9 Å². The maximum Gasteiger partial charge on any atom is 0.252 e. The van der Waals surface area contributed by atoms with Crippen molar-refractivity contribution in [1.29, 1.82) is 0 Å². The predicted octanol–water partition coefficient (Wildman–Crippen LogP) is 1.61. The Bertz CT molecular complexity index is 868. The van der Waals surface area contributed by atoms with E-state index in [0.717, 1.165) is 28.4 Å². The summed E-state index contributed by atoms with van der Waals surface area (Å²) < 4.78 is 2.06. The number of rotatable bonds is 4. The van der Waals surface area contributed by atoms with Crippen molar-refractivity contribution in [2.24, 2.45) is 11.5 Å². The van der Waals surface area contributed by atoms with E-state index in [1.807, 2.05) is 31.2 Å². The summed E-state index contributed by atoms with van der Waals surface area (Å²) in [5.41, 5.74) is 19.4. The van der Waals surface area contributed by atoms with E-state index in [-0.39, 0.29) is 17.4 Å². The van der Waals surface area contributed by atoms with Gasteiger partial charge in [0.25, 0.3) is 5.91 Å². The number of fused-ring (bicyclic) bond motifs is 3. The molecule has 0 radical (unpaired) electrons. The van der Waals surface area contributed by atoms with Gasteiger partial charge in [-0.3, -0.25) is 4.79 Å². The van der Waals surface area contributed by atoms with Gasteiger partial charge in [0, 0.05) is 23.4 Å². The molecular formula is C16H19N5O. The lowest BCUT2D eigenvalue weighted by Gasteiger charge is -2.12. The van der Waals surface area contributed by atoms with Crippen molar-refractivity contribution in [2.45, 2.75) is 25.9 Å². The van der Waals surface area contributed by atoms with Crippen molar-refractivity contribution < 1.29 is 4.79 Å². The highest BCUT2D eigenvalue weighted by Crippen LogP contribution is 2.30. The predicted molar refractivity (Wildman–Crippen MR) is 88.4 cm³/mol. The molecule has 1 amide bonds. The maximum atomic E-state index is 11.5. The molecule has 6 heteroatoms. The Balaban J connectivity index is 2.36. The van der Waals surface area contributed by atoms with E-state index in [9.17, 15) is 4.79 Å². The summed E-state index contributed by atoms with van der Waals surface area (Å²) in [6.45, 7) is 2.69. The zero-order chi connectivity index (χ0) is 15.9. The second-order valence-corrected chi connectivity index (χ2v) is 5.45. The molecule has 3 rings (SSSR count). The number of nitrogens with two attached hydrogens (primary N) is 3. The topological polar surface area (TPSA) is 113 Å². The molecule has 22 heavy (non-hydrogen) atoms. The first-order valence-electron chi connectivity index (χ1n) is 7.25. The number of pyridine rings is 1. The minimum absolute atomic E-state index is 0.0258. The normalized spacial score (nSPS) is 12.8. The number of aromatic nitrogens is 2. The molecule has 0 aliphatic carbocycles. The van der Waals surface area contributed by atoms with Gasteiger partial charge in [0.15, 0.2) is 0 Å². The number of nitrogens with zero attached hydrogens (tertiary/aromatic N) is 2. The van der Waals surface area contributed by atoms with Crippen LogP contribution in [0.3, 0.4) is 0 Å². The first kappa shape index (κ1) is 14.3. The number of carbonyl (C=O) groups is 1. The van der Waals surface area contributed by atoms with Crippen LogP contribution in [0.5, 0.6) is 0 Å². The molecule has 2 heterocycles. The molecule has 114 valence electrons. The summed E-state index contributed by atoms with van der Waals surface area (Å²) in [5.74, 6) is -0.428. The second-order valence-electron chi connectivity index (χ2n) is 5.45. The van der Waals surface area contributed by atoms with Gasteiger partial charge in [0.2, 0.25) is 0 Å². The van der Waals surface area contributed by atoms with Crippen LogP contribution < -0.4 is 17.2 Å². The van der Waals surface area contributed by atoms with E-state index >= 15 is 0 Å². The van der Waals surface area contributed by atoms with Crippen LogP contribution in [0.1, 0.15) is 23.7 Å². The van der Waals surface area contributed by atoms with Gasteiger partial charge in [-0.1, -0.05) is 25.1 Å². The molecule has 0 bridgehead atoms. The number of nitrogen functional groups attached to an aromatic ring is 1. The molecule has 1 aromatic carbocycles. The van der Waals surface area contributed by atoms with Gasteiger partial charge in [-0.2, -0.15) is 0 Å². The molecule has 0 saturated heterocycles. The highest BCUT2D eigenvalue weighted by atomic mass is 16.1. The molecule has 0 saturated carbocycles. The molecule has 3 aromatic rings. The van der Waals surface area contributed by atoms with E-state index in [1.165, 1.54) is 0 Å². The minimum atomic E-state index is -0.575. The number of amides is 1. The van der Waals surface area contributed by atoms with E-state index in [4.69, 9.17) is 17.2 Å². The number of hydrogen-bond donors (Lipinski definition) is 3. The Morgan fingerprint density at radius 2 is 2.05 bits per heavy atom. The summed E-state index contributed by atoms with van der Waals surface area (Å²) in [7, 11) is 0. The molecule has 1 atom stereocenters. The van der Waals surface area contributed by atoms with Crippen molar-refractivity contribution in [3.8, 4) is 0 Å². The summed E-state index contributed by atoms with van der Waals surface area (Å²) in [6, 6.07) is 9.67. The minimum Gasteiger partial charge on any atom is -0.383 e. The van der Waals surface area contributed by atoms with E-state index in [0.29, 0.717) is 6.54 Å². The van der Waals surface area contributed by atoms with Crippen molar-refractivity contribution in [3.63, 3.8) is 0 Å². The fourth-order valence-electron chi connectivity index (χ4n) is 2.72. The Kier molecular flexibility index (Phi) is 3.46. The van der Waals surface area contributed by atoms with Crippen LogP contribution in [0.4, 0.5) is 5.82 Å². The third-order valence-electron chi connectivity index (χ3n) is 3.98. The number of carbonyl (C=O) groups excluding carboxylic acids is 1. The van der Waals surface area contributed by atoms with Gasteiger partial charge in [-0.05, 0) is 18.6 Å². The lowest BCUT2D eigenvalue weighted by molar-refractivity contribution is 0.100. The van der Waals surface area contributed by atoms with Crippen molar-refractivity contribution in [2.75, 3.05) is 5.73 Å². The molecule has 2 aromatic heterocycles. The lowest BCUT2D eigenvalue weighted by Crippen LogP contribution is -2.25. The third kappa shape index (κ3) is 2.17.